The van der Waals surface area contributed by atoms with Crippen molar-refractivity contribution in [3.63, 3.8) is 0 Å². The van der Waals surface area contributed by atoms with Gasteiger partial charge < -0.3 is 19.7 Å². The molecular formula is C33H34ClFN4O7. The maximum atomic E-state index is 14.5. The number of amides is 1. The molecule has 1 amide bonds. The van der Waals surface area contributed by atoms with Crippen LogP contribution >= 0.6 is 11.6 Å². The predicted molar refractivity (Wildman–Crippen MR) is 172 cm³/mol. The minimum atomic E-state index is -1.36. The molecular weight excluding hydrogens is 619 g/mol. The molecule has 1 aromatic heterocycles. The lowest BCUT2D eigenvalue weighted by molar-refractivity contribution is -0.174. The summed E-state index contributed by atoms with van der Waals surface area (Å²) < 4.78 is 27.0. The number of nitrogens with zero attached hydrogens (tertiary/aromatic N) is 3. The fraction of sp³-hybridized carbons (Fsp3) is 0.303. The Morgan fingerprint density at radius 2 is 1.67 bits per heavy atom. The molecule has 0 fully saturated rings. The van der Waals surface area contributed by atoms with Crippen LogP contribution in [0.1, 0.15) is 36.7 Å². The molecule has 3 aromatic carbocycles. The standard InChI is InChI=1S/C33H34ClFN4O7/c1-33(2,3)31(43)46-18-45-30(42)25(36-28(40)27-23(34)8-7-9-24(27)35)16-19-10-12-20(13-11-19)39-29(41)22-17-21(37(4)5)14-15-26(22)38(6)32(39)44/h7-15,17,25H,16,18H2,1-6H3,(H,36,40)/t25-/m0/s1. The highest BCUT2D eigenvalue weighted by atomic mass is 35.5. The number of nitrogens with one attached hydrogen (secondary N) is 1. The van der Waals surface area contributed by atoms with Crippen LogP contribution in [-0.2, 0) is 32.5 Å². The third kappa shape index (κ3) is 7.28. The highest BCUT2D eigenvalue weighted by Gasteiger charge is 2.28. The molecule has 46 heavy (non-hydrogen) atoms. The minimum Gasteiger partial charge on any atom is -0.427 e. The number of rotatable bonds is 9. The van der Waals surface area contributed by atoms with Crippen LogP contribution in [0.25, 0.3) is 16.6 Å². The van der Waals surface area contributed by atoms with Crippen LogP contribution in [0.3, 0.4) is 0 Å². The molecule has 0 saturated heterocycles. The molecule has 11 nitrogen and oxygen atoms in total. The second-order valence-corrected chi connectivity index (χ2v) is 12.2. The molecule has 242 valence electrons. The smallest absolute Gasteiger partial charge is 0.335 e. The Morgan fingerprint density at radius 3 is 2.28 bits per heavy atom. The molecule has 0 radical (unpaired) electrons. The van der Waals surface area contributed by atoms with Crippen molar-refractivity contribution in [1.82, 2.24) is 14.5 Å². The van der Waals surface area contributed by atoms with Crippen LogP contribution in [0.15, 0.2) is 70.3 Å². The Morgan fingerprint density at radius 1 is 1.00 bits per heavy atom. The number of aryl methyl sites for hydroxylation is 1. The van der Waals surface area contributed by atoms with Crippen LogP contribution in [-0.4, -0.2) is 53.9 Å². The molecule has 13 heteroatoms. The van der Waals surface area contributed by atoms with E-state index in [0.717, 1.165) is 16.3 Å². The van der Waals surface area contributed by atoms with Crippen molar-refractivity contribution in [2.24, 2.45) is 12.5 Å². The van der Waals surface area contributed by atoms with Gasteiger partial charge in [0.25, 0.3) is 11.5 Å². The number of halogens is 2. The van der Waals surface area contributed by atoms with Crippen molar-refractivity contribution in [2.45, 2.75) is 33.2 Å². The summed E-state index contributed by atoms with van der Waals surface area (Å²) in [6.45, 7) is 4.19. The highest BCUT2D eigenvalue weighted by Crippen LogP contribution is 2.21. The maximum Gasteiger partial charge on any atom is 0.335 e. The van der Waals surface area contributed by atoms with Crippen LogP contribution in [0.5, 0.6) is 0 Å². The molecule has 0 spiro atoms. The number of carbonyl (C=O) groups is 3. The topological polar surface area (TPSA) is 129 Å². The van der Waals surface area contributed by atoms with Gasteiger partial charge in [-0.25, -0.2) is 18.5 Å². The molecule has 0 bridgehead atoms. The van der Waals surface area contributed by atoms with Gasteiger partial charge in [0.2, 0.25) is 6.79 Å². The summed E-state index contributed by atoms with van der Waals surface area (Å²) in [5.41, 5.74) is -0.312. The average molecular weight is 653 g/mol. The SMILES string of the molecule is CN(C)c1ccc2c(c1)c(=O)n(-c1ccc(C[C@H](NC(=O)c3c(F)cccc3Cl)C(=O)OCOC(=O)C(C)(C)C)cc1)c(=O)n2C. The molecule has 1 heterocycles. The van der Waals surface area contributed by atoms with Crippen molar-refractivity contribution in [3.05, 3.63) is 103 Å². The number of hydrogen-bond donors (Lipinski definition) is 1. The van der Waals surface area contributed by atoms with E-state index in [1.165, 1.54) is 28.8 Å². The van der Waals surface area contributed by atoms with E-state index in [9.17, 15) is 28.4 Å². The Kier molecular flexibility index (Phi) is 10.0. The first-order valence-electron chi connectivity index (χ1n) is 14.2. The van der Waals surface area contributed by atoms with Gasteiger partial charge in [-0.3, -0.25) is 19.0 Å². The van der Waals surface area contributed by atoms with Crippen LogP contribution in [0, 0.1) is 11.2 Å². The van der Waals surface area contributed by atoms with Crippen molar-refractivity contribution < 1.29 is 28.2 Å². The van der Waals surface area contributed by atoms with E-state index in [0.29, 0.717) is 16.5 Å². The van der Waals surface area contributed by atoms with Gasteiger partial charge in [0.05, 0.1) is 32.6 Å². The number of aromatic nitrogens is 2. The Labute approximate surface area is 269 Å². The van der Waals surface area contributed by atoms with Gasteiger partial charge in [-0.15, -0.1) is 0 Å². The van der Waals surface area contributed by atoms with Crippen molar-refractivity contribution in [1.29, 1.82) is 0 Å². The van der Waals surface area contributed by atoms with Crippen molar-refractivity contribution >= 4 is 46.0 Å². The molecule has 1 N–H and O–H groups in total. The van der Waals surface area contributed by atoms with Gasteiger partial charge in [0.1, 0.15) is 11.9 Å². The van der Waals surface area contributed by atoms with E-state index >= 15 is 0 Å². The monoisotopic (exact) mass is 652 g/mol. The average Bonchev–Trinajstić information content (AvgIpc) is 2.99. The molecule has 0 aliphatic rings. The van der Waals surface area contributed by atoms with Gasteiger partial charge in [0, 0.05) is 33.3 Å². The zero-order valence-corrected chi connectivity index (χ0v) is 27.0. The third-order valence-corrected chi connectivity index (χ3v) is 7.50. The minimum absolute atomic E-state index is 0.138. The summed E-state index contributed by atoms with van der Waals surface area (Å²) in [5.74, 6) is -3.41. The lowest BCUT2D eigenvalue weighted by atomic mass is 9.98. The molecule has 0 saturated carbocycles. The van der Waals surface area contributed by atoms with E-state index in [2.05, 4.69) is 5.32 Å². The number of carbonyl (C=O) groups excluding carboxylic acids is 3. The Bertz CT molecular complexity index is 1910. The van der Waals surface area contributed by atoms with E-state index in [1.54, 1.807) is 52.1 Å². The maximum absolute atomic E-state index is 14.5. The molecule has 0 unspecified atom stereocenters. The first-order valence-corrected chi connectivity index (χ1v) is 14.6. The van der Waals surface area contributed by atoms with E-state index in [1.807, 2.05) is 25.1 Å². The van der Waals surface area contributed by atoms with Crippen LogP contribution < -0.4 is 21.5 Å². The first kappa shape index (κ1) is 33.9. The third-order valence-electron chi connectivity index (χ3n) is 7.19. The zero-order chi connectivity index (χ0) is 33.9. The zero-order valence-electron chi connectivity index (χ0n) is 26.2. The predicted octanol–water partition coefficient (Wildman–Crippen LogP) is 3.98. The first-order chi connectivity index (χ1) is 21.6. The lowest BCUT2D eigenvalue weighted by Crippen LogP contribution is -2.44. The Hall–Kier alpha value is -4.97. The number of anilines is 1. The summed E-state index contributed by atoms with van der Waals surface area (Å²) in [7, 11) is 5.26. The normalized spacial score (nSPS) is 12.0. The van der Waals surface area contributed by atoms with E-state index in [-0.39, 0.29) is 17.1 Å². The molecule has 0 aliphatic carbocycles. The molecule has 1 atom stereocenters. The number of ether oxygens (including phenoxy) is 2. The van der Waals surface area contributed by atoms with Gasteiger partial charge in [-0.1, -0.05) is 29.8 Å². The number of esters is 2. The fourth-order valence-corrected chi connectivity index (χ4v) is 4.82. The van der Waals surface area contributed by atoms with Crippen molar-refractivity contribution in [2.75, 3.05) is 25.8 Å². The quantitative estimate of drug-likeness (QED) is 0.212. The summed E-state index contributed by atoms with van der Waals surface area (Å²) in [5, 5.41) is 2.64. The number of benzene rings is 3. The van der Waals surface area contributed by atoms with Crippen LogP contribution in [0.4, 0.5) is 10.1 Å². The summed E-state index contributed by atoms with van der Waals surface area (Å²) in [6.07, 6.45) is -0.138. The Balaban J connectivity index is 1.63. The fourth-order valence-electron chi connectivity index (χ4n) is 4.57. The second-order valence-electron chi connectivity index (χ2n) is 11.8. The number of hydrogen-bond acceptors (Lipinski definition) is 8. The van der Waals surface area contributed by atoms with Crippen LogP contribution in [0.2, 0.25) is 5.02 Å². The summed E-state index contributed by atoms with van der Waals surface area (Å²) in [6, 6.07) is 13.8. The summed E-state index contributed by atoms with van der Waals surface area (Å²) in [4.78, 5) is 66.8. The molecule has 4 aromatic rings. The van der Waals surface area contributed by atoms with Gasteiger partial charge >= 0.3 is 17.6 Å². The van der Waals surface area contributed by atoms with Gasteiger partial charge in [-0.05, 0) is 68.8 Å². The van der Waals surface area contributed by atoms with E-state index in [4.69, 9.17) is 21.1 Å². The summed E-state index contributed by atoms with van der Waals surface area (Å²) >= 11 is 6.05. The molecule has 4 rings (SSSR count). The second kappa shape index (κ2) is 13.6. The highest BCUT2D eigenvalue weighted by molar-refractivity contribution is 6.33. The molecule has 0 aliphatic heterocycles. The number of fused-ring (bicyclic) bond motifs is 1. The van der Waals surface area contributed by atoms with Crippen molar-refractivity contribution in [3.8, 4) is 5.69 Å². The van der Waals surface area contributed by atoms with Gasteiger partial charge in [-0.2, -0.15) is 0 Å². The van der Waals surface area contributed by atoms with Gasteiger partial charge in [0.15, 0.2) is 0 Å². The van der Waals surface area contributed by atoms with E-state index < -0.39 is 58.7 Å². The largest absolute Gasteiger partial charge is 0.427 e. The lowest BCUT2D eigenvalue weighted by Gasteiger charge is -2.20.